The first-order chi connectivity index (χ1) is 5.86. The van der Waals surface area contributed by atoms with Crippen LogP contribution in [-0.2, 0) is 0 Å². The Morgan fingerprint density at radius 2 is 2.58 bits per heavy atom. The Morgan fingerprint density at radius 3 is 3.17 bits per heavy atom. The molecule has 0 bridgehead atoms. The molecule has 0 unspecified atom stereocenters. The largest absolute Gasteiger partial charge is 0.316 e. The Balaban J connectivity index is 2.08. The van der Waals surface area contributed by atoms with E-state index < -0.39 is 0 Å². The highest BCUT2D eigenvalue weighted by Gasteiger charge is 2.17. The van der Waals surface area contributed by atoms with E-state index >= 15 is 0 Å². The van der Waals surface area contributed by atoms with E-state index in [1.807, 2.05) is 0 Å². The van der Waals surface area contributed by atoms with Crippen LogP contribution in [0.15, 0.2) is 5.38 Å². The van der Waals surface area contributed by atoms with Gasteiger partial charge in [0, 0.05) is 23.5 Å². The van der Waals surface area contributed by atoms with Crippen molar-refractivity contribution in [2.24, 2.45) is 0 Å². The van der Waals surface area contributed by atoms with Gasteiger partial charge in [-0.15, -0.1) is 11.3 Å². The van der Waals surface area contributed by atoms with Crippen molar-refractivity contribution >= 4 is 11.3 Å². The molecule has 2 heterocycles. The molecule has 1 aromatic heterocycles. The van der Waals surface area contributed by atoms with Gasteiger partial charge < -0.3 is 5.32 Å². The Hall–Kier alpha value is -0.410. The van der Waals surface area contributed by atoms with Crippen molar-refractivity contribution in [2.45, 2.75) is 25.7 Å². The molecule has 0 amide bonds. The number of thiazole rings is 1. The summed E-state index contributed by atoms with van der Waals surface area (Å²) in [5.41, 5.74) is 1.17. The molecule has 66 valence electrons. The molecule has 1 fully saturated rings. The van der Waals surface area contributed by atoms with E-state index in [2.05, 4.69) is 22.6 Å². The third-order valence-electron chi connectivity index (χ3n) is 2.28. The average Bonchev–Trinajstić information content (AvgIpc) is 2.54. The van der Waals surface area contributed by atoms with Crippen LogP contribution in [0.3, 0.4) is 0 Å². The summed E-state index contributed by atoms with van der Waals surface area (Å²) in [4.78, 5) is 4.51. The van der Waals surface area contributed by atoms with Crippen LogP contribution in [0.5, 0.6) is 0 Å². The summed E-state index contributed by atoms with van der Waals surface area (Å²) in [7, 11) is 0. The highest BCUT2D eigenvalue weighted by Crippen LogP contribution is 2.25. The minimum absolute atomic E-state index is 0.678. The van der Waals surface area contributed by atoms with Crippen LogP contribution in [0, 0.1) is 6.92 Å². The maximum Gasteiger partial charge on any atom is 0.0971 e. The van der Waals surface area contributed by atoms with Crippen molar-refractivity contribution in [1.29, 1.82) is 0 Å². The number of piperidine rings is 1. The van der Waals surface area contributed by atoms with Gasteiger partial charge in [0.1, 0.15) is 0 Å². The molecule has 1 saturated heterocycles. The molecule has 2 rings (SSSR count). The zero-order valence-corrected chi connectivity index (χ0v) is 8.16. The van der Waals surface area contributed by atoms with Gasteiger partial charge in [0.25, 0.3) is 0 Å². The van der Waals surface area contributed by atoms with E-state index in [1.54, 1.807) is 11.3 Å². The SMILES string of the molecule is Cc1csc([C@@H]2CCCNC2)n1. The first-order valence-electron chi connectivity index (χ1n) is 4.49. The fraction of sp³-hybridized carbons (Fsp3) is 0.667. The van der Waals surface area contributed by atoms with E-state index in [-0.39, 0.29) is 0 Å². The molecule has 0 aliphatic carbocycles. The molecule has 0 aromatic carbocycles. The lowest BCUT2D eigenvalue weighted by atomic mass is 10.0. The average molecular weight is 182 g/mol. The van der Waals surface area contributed by atoms with Crippen molar-refractivity contribution in [2.75, 3.05) is 13.1 Å². The highest BCUT2D eigenvalue weighted by molar-refractivity contribution is 7.09. The zero-order valence-electron chi connectivity index (χ0n) is 7.34. The second kappa shape index (κ2) is 3.54. The monoisotopic (exact) mass is 182 g/mol. The van der Waals surface area contributed by atoms with Gasteiger partial charge in [-0.2, -0.15) is 0 Å². The topological polar surface area (TPSA) is 24.9 Å². The summed E-state index contributed by atoms with van der Waals surface area (Å²) in [5, 5.41) is 6.87. The minimum atomic E-state index is 0.678. The van der Waals surface area contributed by atoms with Crippen LogP contribution < -0.4 is 5.32 Å². The van der Waals surface area contributed by atoms with Crippen molar-refractivity contribution in [3.8, 4) is 0 Å². The fourth-order valence-electron chi connectivity index (χ4n) is 1.62. The molecule has 1 aliphatic heterocycles. The van der Waals surface area contributed by atoms with Crippen LogP contribution in [-0.4, -0.2) is 18.1 Å². The summed E-state index contributed by atoms with van der Waals surface area (Å²) >= 11 is 1.80. The van der Waals surface area contributed by atoms with E-state index in [4.69, 9.17) is 0 Å². The van der Waals surface area contributed by atoms with Crippen LogP contribution in [0.1, 0.15) is 29.5 Å². The molecular formula is C9H14N2S. The second-order valence-corrected chi connectivity index (χ2v) is 4.26. The second-order valence-electron chi connectivity index (χ2n) is 3.37. The van der Waals surface area contributed by atoms with E-state index in [9.17, 15) is 0 Å². The third-order valence-corrected chi connectivity index (χ3v) is 3.41. The summed E-state index contributed by atoms with van der Waals surface area (Å²) in [6.45, 7) is 4.37. The lowest BCUT2D eigenvalue weighted by molar-refractivity contribution is 0.460. The number of nitrogens with one attached hydrogen (secondary N) is 1. The number of rotatable bonds is 1. The fourth-order valence-corrected chi connectivity index (χ4v) is 2.56. The van der Waals surface area contributed by atoms with Crippen molar-refractivity contribution < 1.29 is 0 Å². The van der Waals surface area contributed by atoms with Gasteiger partial charge in [-0.25, -0.2) is 4.98 Å². The Bertz CT molecular complexity index is 251. The molecule has 0 spiro atoms. The molecule has 1 N–H and O–H groups in total. The van der Waals surface area contributed by atoms with Gasteiger partial charge in [0.2, 0.25) is 0 Å². The summed E-state index contributed by atoms with van der Waals surface area (Å²) in [5.74, 6) is 0.678. The lowest BCUT2D eigenvalue weighted by Gasteiger charge is -2.20. The minimum Gasteiger partial charge on any atom is -0.316 e. The van der Waals surface area contributed by atoms with Gasteiger partial charge in [0.15, 0.2) is 0 Å². The number of hydrogen-bond acceptors (Lipinski definition) is 3. The van der Waals surface area contributed by atoms with E-state index in [1.165, 1.54) is 30.1 Å². The highest BCUT2D eigenvalue weighted by atomic mass is 32.1. The van der Waals surface area contributed by atoms with Crippen molar-refractivity contribution in [1.82, 2.24) is 10.3 Å². The van der Waals surface area contributed by atoms with Crippen LogP contribution in [0.4, 0.5) is 0 Å². The zero-order chi connectivity index (χ0) is 8.39. The molecule has 1 aliphatic rings. The molecule has 0 radical (unpaired) electrons. The molecule has 1 aromatic rings. The molecule has 12 heavy (non-hydrogen) atoms. The Morgan fingerprint density at radius 1 is 1.67 bits per heavy atom. The normalized spacial score (nSPS) is 24.2. The Labute approximate surface area is 77.0 Å². The number of aryl methyl sites for hydroxylation is 1. The van der Waals surface area contributed by atoms with Crippen molar-refractivity contribution in [3.05, 3.63) is 16.1 Å². The first-order valence-corrected chi connectivity index (χ1v) is 5.37. The lowest BCUT2D eigenvalue weighted by Crippen LogP contribution is -2.28. The summed E-state index contributed by atoms with van der Waals surface area (Å²) in [6, 6.07) is 0. The standard InChI is InChI=1S/C9H14N2S/c1-7-6-12-9(11-7)8-3-2-4-10-5-8/h6,8,10H,2-5H2,1H3/t8-/m1/s1. The van der Waals surface area contributed by atoms with Gasteiger partial charge in [-0.1, -0.05) is 0 Å². The van der Waals surface area contributed by atoms with Crippen LogP contribution in [0.2, 0.25) is 0 Å². The van der Waals surface area contributed by atoms with Crippen LogP contribution in [0.25, 0.3) is 0 Å². The van der Waals surface area contributed by atoms with E-state index in [0.717, 1.165) is 6.54 Å². The Kier molecular flexibility index (Phi) is 2.42. The van der Waals surface area contributed by atoms with E-state index in [0.29, 0.717) is 5.92 Å². The number of nitrogens with zero attached hydrogens (tertiary/aromatic N) is 1. The van der Waals surface area contributed by atoms with Crippen LogP contribution >= 0.6 is 11.3 Å². The maximum atomic E-state index is 4.51. The van der Waals surface area contributed by atoms with Gasteiger partial charge >= 0.3 is 0 Å². The predicted molar refractivity (Wildman–Crippen MR) is 51.7 cm³/mol. The van der Waals surface area contributed by atoms with Crippen molar-refractivity contribution in [3.63, 3.8) is 0 Å². The number of hydrogen-bond donors (Lipinski definition) is 1. The molecule has 2 nitrogen and oxygen atoms in total. The maximum absolute atomic E-state index is 4.51. The molecule has 3 heteroatoms. The summed E-state index contributed by atoms with van der Waals surface area (Å²) < 4.78 is 0. The molecular weight excluding hydrogens is 168 g/mol. The predicted octanol–water partition coefficient (Wildman–Crippen LogP) is 1.92. The van der Waals surface area contributed by atoms with Gasteiger partial charge in [0.05, 0.1) is 5.01 Å². The third kappa shape index (κ3) is 1.67. The number of aromatic nitrogens is 1. The smallest absolute Gasteiger partial charge is 0.0971 e. The summed E-state index contributed by atoms with van der Waals surface area (Å²) in [6.07, 6.45) is 2.60. The quantitative estimate of drug-likeness (QED) is 0.717. The molecule has 0 saturated carbocycles. The first kappa shape index (κ1) is 8.20. The van der Waals surface area contributed by atoms with Gasteiger partial charge in [-0.3, -0.25) is 0 Å². The van der Waals surface area contributed by atoms with Gasteiger partial charge in [-0.05, 0) is 26.3 Å². The molecule has 1 atom stereocenters.